The first kappa shape index (κ1) is 19.5. The summed E-state index contributed by atoms with van der Waals surface area (Å²) in [5, 5.41) is 16.4. The third-order valence-electron chi connectivity index (χ3n) is 0.929. The lowest BCUT2D eigenvalue weighted by Crippen LogP contribution is -2.42. The van der Waals surface area contributed by atoms with Gasteiger partial charge in [-0.2, -0.15) is 0 Å². The molecule has 0 spiro atoms. The van der Waals surface area contributed by atoms with Crippen LogP contribution in [-0.4, -0.2) is 40.3 Å². The molecule has 5 N–H and O–H groups in total. The minimum atomic E-state index is -0.833. The van der Waals surface area contributed by atoms with Crippen molar-refractivity contribution >= 4 is 35.2 Å². The van der Waals surface area contributed by atoms with Gasteiger partial charge in [0.1, 0.15) is 0 Å². The Balaban J connectivity index is -0.000000249. The van der Waals surface area contributed by atoms with Gasteiger partial charge in [0, 0.05) is 12.3 Å². The second-order valence-corrected chi connectivity index (χ2v) is 3.64. The van der Waals surface area contributed by atoms with Crippen molar-refractivity contribution in [2.75, 3.05) is 0 Å². The fourth-order valence-electron chi connectivity index (χ4n) is 0.310. The molecule has 0 aromatic heterocycles. The highest BCUT2D eigenvalue weighted by Gasteiger charge is 2.20. The van der Waals surface area contributed by atoms with Crippen molar-refractivity contribution in [3.63, 3.8) is 0 Å². The molecule has 0 aliphatic rings. The van der Waals surface area contributed by atoms with Crippen LogP contribution in [0.25, 0.3) is 0 Å². The van der Waals surface area contributed by atoms with Crippen LogP contribution in [0.15, 0.2) is 0 Å². The molecule has 6 nitrogen and oxygen atoms in total. The fraction of sp³-hybridized carbons (Fsp3) is 0.625. The van der Waals surface area contributed by atoms with Crippen LogP contribution in [0.4, 0.5) is 0 Å². The number of amides is 1. The van der Waals surface area contributed by atoms with Crippen LogP contribution >= 0.6 is 0 Å². The van der Waals surface area contributed by atoms with E-state index in [1.54, 1.807) is 20.8 Å². The van der Waals surface area contributed by atoms with Crippen molar-refractivity contribution in [2.24, 2.45) is 11.1 Å². The molecule has 7 heteroatoms. The second kappa shape index (κ2) is 8.27. The average molecular weight is 233 g/mol. The zero-order chi connectivity index (χ0) is 11.9. The molecule has 0 radical (unpaired) electrons. The number of carboxylic acid groups (broad SMARTS) is 1. The summed E-state index contributed by atoms with van der Waals surface area (Å²) in [6.45, 7) is 6.35. The summed E-state index contributed by atoms with van der Waals surface area (Å²) in [6.07, 6.45) is 0. The van der Waals surface area contributed by atoms with Crippen molar-refractivity contribution in [1.82, 2.24) is 5.32 Å². The van der Waals surface area contributed by atoms with Gasteiger partial charge in [0.2, 0.25) is 5.91 Å². The SMILES string of the molecule is CC(=O)O.CC(C)(C)C(=O)NC(=N)N.[AlH3]. The van der Waals surface area contributed by atoms with E-state index in [0.717, 1.165) is 6.92 Å². The predicted octanol–water partition coefficient (Wildman–Crippen LogP) is -1.05. The molecular weight excluding hydrogens is 213 g/mol. The van der Waals surface area contributed by atoms with Gasteiger partial charge in [-0.15, -0.1) is 0 Å². The average Bonchev–Trinajstić information content (AvgIpc) is 1.81. The van der Waals surface area contributed by atoms with Gasteiger partial charge in [0.15, 0.2) is 23.3 Å². The molecule has 0 aliphatic carbocycles. The molecule has 0 aliphatic heterocycles. The Morgan fingerprint density at radius 2 is 1.60 bits per heavy atom. The van der Waals surface area contributed by atoms with Gasteiger partial charge in [0.05, 0.1) is 0 Å². The summed E-state index contributed by atoms with van der Waals surface area (Å²) in [7, 11) is 0. The van der Waals surface area contributed by atoms with E-state index in [2.05, 4.69) is 5.32 Å². The topological polar surface area (TPSA) is 116 Å². The summed E-state index contributed by atoms with van der Waals surface area (Å²) >= 11 is 0. The van der Waals surface area contributed by atoms with Gasteiger partial charge in [-0.3, -0.25) is 20.3 Å². The van der Waals surface area contributed by atoms with Crippen LogP contribution in [0.2, 0.25) is 0 Å². The lowest BCUT2D eigenvalue weighted by atomic mass is 9.96. The summed E-state index contributed by atoms with van der Waals surface area (Å²) < 4.78 is 0. The molecule has 0 bridgehead atoms. The van der Waals surface area contributed by atoms with E-state index in [1.807, 2.05) is 0 Å². The van der Waals surface area contributed by atoms with Crippen molar-refractivity contribution in [3.8, 4) is 0 Å². The highest BCUT2D eigenvalue weighted by molar-refractivity contribution is 5.96. The highest BCUT2D eigenvalue weighted by Crippen LogP contribution is 2.11. The van der Waals surface area contributed by atoms with Crippen LogP contribution in [0.3, 0.4) is 0 Å². The zero-order valence-electron chi connectivity index (χ0n) is 8.84. The Labute approximate surface area is 99.9 Å². The summed E-state index contributed by atoms with van der Waals surface area (Å²) in [4.78, 5) is 19.9. The molecule has 0 unspecified atom stereocenters. The number of hydrogen-bond acceptors (Lipinski definition) is 3. The highest BCUT2D eigenvalue weighted by atomic mass is 27.0. The van der Waals surface area contributed by atoms with E-state index >= 15 is 0 Å². The van der Waals surface area contributed by atoms with Crippen molar-refractivity contribution in [3.05, 3.63) is 0 Å². The minimum Gasteiger partial charge on any atom is -0.481 e. The maximum atomic E-state index is 10.9. The quantitative estimate of drug-likeness (QED) is 0.242. The van der Waals surface area contributed by atoms with E-state index in [1.165, 1.54) is 0 Å². The third-order valence-corrected chi connectivity index (χ3v) is 0.929. The molecule has 0 aromatic carbocycles. The normalized spacial score (nSPS) is 8.80. The lowest BCUT2D eigenvalue weighted by molar-refractivity contribution is -0.134. The first-order chi connectivity index (χ1) is 6.07. The molecule has 1 amide bonds. The molecule has 15 heavy (non-hydrogen) atoms. The molecule has 0 aromatic rings. The van der Waals surface area contributed by atoms with E-state index in [-0.39, 0.29) is 29.2 Å². The lowest BCUT2D eigenvalue weighted by Gasteiger charge is -2.16. The molecule has 0 saturated carbocycles. The van der Waals surface area contributed by atoms with E-state index in [0.29, 0.717) is 0 Å². The van der Waals surface area contributed by atoms with E-state index < -0.39 is 11.4 Å². The number of rotatable bonds is 0. The maximum Gasteiger partial charge on any atom is 0.300 e. The van der Waals surface area contributed by atoms with E-state index in [9.17, 15) is 4.79 Å². The standard InChI is InChI=1S/C6H13N3O.C2H4O2.Al.3H/c1-6(2,3)4(10)9-5(7)8;1-2(3)4;;;;/h1-3H3,(H4,7,8,9,10);1H3,(H,3,4);;;;. The van der Waals surface area contributed by atoms with Crippen LogP contribution in [-0.2, 0) is 9.59 Å². The van der Waals surface area contributed by atoms with Gasteiger partial charge < -0.3 is 10.8 Å². The van der Waals surface area contributed by atoms with Crippen LogP contribution in [0.1, 0.15) is 27.7 Å². The van der Waals surface area contributed by atoms with Crippen LogP contribution < -0.4 is 11.1 Å². The number of hydrogen-bond donors (Lipinski definition) is 4. The zero-order valence-corrected chi connectivity index (χ0v) is 8.84. The van der Waals surface area contributed by atoms with Gasteiger partial charge in [-0.25, -0.2) is 0 Å². The first-order valence-electron chi connectivity index (χ1n) is 3.92. The fourth-order valence-corrected chi connectivity index (χ4v) is 0.310. The molecule has 88 valence electrons. The molecule has 0 rings (SSSR count). The van der Waals surface area contributed by atoms with Crippen molar-refractivity contribution < 1.29 is 14.7 Å². The van der Waals surface area contributed by atoms with Gasteiger partial charge in [-0.1, -0.05) is 20.8 Å². The Morgan fingerprint density at radius 3 is 1.67 bits per heavy atom. The number of aliphatic carboxylic acids is 1. The molecule has 0 saturated heterocycles. The van der Waals surface area contributed by atoms with Gasteiger partial charge in [-0.05, 0) is 0 Å². The maximum absolute atomic E-state index is 10.9. The molecule has 0 heterocycles. The molecule has 0 fully saturated rings. The predicted molar refractivity (Wildman–Crippen MR) is 62.8 cm³/mol. The Morgan fingerprint density at radius 1 is 1.33 bits per heavy atom. The van der Waals surface area contributed by atoms with Crippen LogP contribution in [0, 0.1) is 10.8 Å². The van der Waals surface area contributed by atoms with Crippen LogP contribution in [0.5, 0.6) is 0 Å². The number of nitrogens with two attached hydrogens (primary N) is 1. The summed E-state index contributed by atoms with van der Waals surface area (Å²) in [5.41, 5.74) is 4.46. The van der Waals surface area contributed by atoms with Crippen molar-refractivity contribution in [2.45, 2.75) is 27.7 Å². The number of carbonyl (C=O) groups excluding carboxylic acids is 1. The van der Waals surface area contributed by atoms with Crippen molar-refractivity contribution in [1.29, 1.82) is 5.41 Å². The largest absolute Gasteiger partial charge is 0.481 e. The molecule has 0 atom stereocenters. The summed E-state index contributed by atoms with van der Waals surface area (Å²) in [5.74, 6) is -1.38. The number of guanidine groups is 1. The number of carboxylic acids is 1. The van der Waals surface area contributed by atoms with E-state index in [4.69, 9.17) is 21.0 Å². The first-order valence-corrected chi connectivity index (χ1v) is 3.92. The Bertz CT molecular complexity index is 232. The number of nitrogens with one attached hydrogen (secondary N) is 2. The van der Waals surface area contributed by atoms with Gasteiger partial charge in [0.25, 0.3) is 5.97 Å². The minimum absolute atomic E-state index is 0. The number of carbonyl (C=O) groups is 2. The smallest absolute Gasteiger partial charge is 0.300 e. The van der Waals surface area contributed by atoms with Gasteiger partial charge >= 0.3 is 0 Å². The second-order valence-electron chi connectivity index (χ2n) is 3.64. The summed E-state index contributed by atoms with van der Waals surface area (Å²) in [6, 6.07) is 0. The Hall–Kier alpha value is -1.06. The molecular formula is C8H20AlN3O3. The third kappa shape index (κ3) is 19.4. The monoisotopic (exact) mass is 233 g/mol. The Kier molecular flexibility index (Phi) is 10.8.